The molecule has 6 heteroatoms. The fraction of sp³-hybridized carbons (Fsp3) is 0.429. The summed E-state index contributed by atoms with van der Waals surface area (Å²) < 4.78 is 5.47. The number of hydrogen-bond donors (Lipinski definition) is 3. The Morgan fingerprint density at radius 3 is 2.70 bits per heavy atom. The third kappa shape index (κ3) is 2.27. The first-order chi connectivity index (χ1) is 9.70. The standard InChI is InChI=1S/C14H16N2O4/c17-7-11-12(18)13(19)14(20-11)10-6-5-8-3-1-2-4-9(8)15-16-10/h1-6,10-14,17-19H,7H2/t10?,11-,12-,13-,14?/m1/s1. The lowest BCUT2D eigenvalue weighted by atomic mass is 10.0. The Bertz CT molecular complexity index is 513. The molecule has 2 aliphatic heterocycles. The van der Waals surface area contributed by atoms with Crippen molar-refractivity contribution in [1.82, 2.24) is 0 Å². The van der Waals surface area contributed by atoms with E-state index in [9.17, 15) is 10.2 Å². The van der Waals surface area contributed by atoms with Gasteiger partial charge in [-0.2, -0.15) is 10.2 Å². The molecule has 0 radical (unpaired) electrons. The molecular weight excluding hydrogens is 260 g/mol. The van der Waals surface area contributed by atoms with Gasteiger partial charge in [0, 0.05) is 5.56 Å². The van der Waals surface area contributed by atoms with E-state index in [1.807, 2.05) is 30.3 Å². The van der Waals surface area contributed by atoms with Crippen LogP contribution in [0.4, 0.5) is 5.69 Å². The van der Waals surface area contributed by atoms with Crippen molar-refractivity contribution in [2.75, 3.05) is 6.61 Å². The number of rotatable bonds is 2. The van der Waals surface area contributed by atoms with Crippen LogP contribution in [0.5, 0.6) is 0 Å². The zero-order valence-corrected chi connectivity index (χ0v) is 10.7. The molecule has 0 amide bonds. The van der Waals surface area contributed by atoms with E-state index in [2.05, 4.69) is 10.2 Å². The minimum atomic E-state index is -1.11. The van der Waals surface area contributed by atoms with E-state index in [1.54, 1.807) is 6.08 Å². The largest absolute Gasteiger partial charge is 0.394 e. The summed E-state index contributed by atoms with van der Waals surface area (Å²) >= 11 is 0. The summed E-state index contributed by atoms with van der Waals surface area (Å²) in [4.78, 5) is 0. The minimum Gasteiger partial charge on any atom is -0.394 e. The highest BCUT2D eigenvalue weighted by atomic mass is 16.6. The Kier molecular flexibility index (Phi) is 3.62. The maximum atomic E-state index is 10.00. The van der Waals surface area contributed by atoms with Crippen LogP contribution >= 0.6 is 0 Å². The summed E-state index contributed by atoms with van der Waals surface area (Å²) in [5, 5.41) is 37.2. The summed E-state index contributed by atoms with van der Waals surface area (Å²) in [5.41, 5.74) is 1.68. The Morgan fingerprint density at radius 2 is 1.95 bits per heavy atom. The molecule has 1 aromatic carbocycles. The van der Waals surface area contributed by atoms with Gasteiger partial charge in [0.1, 0.15) is 30.5 Å². The fourth-order valence-corrected chi connectivity index (χ4v) is 2.48. The smallest absolute Gasteiger partial charge is 0.118 e. The lowest BCUT2D eigenvalue weighted by Crippen LogP contribution is -2.37. The molecule has 0 aliphatic carbocycles. The van der Waals surface area contributed by atoms with Crippen LogP contribution in [0.1, 0.15) is 5.56 Å². The van der Waals surface area contributed by atoms with E-state index >= 15 is 0 Å². The fourth-order valence-electron chi connectivity index (χ4n) is 2.48. The van der Waals surface area contributed by atoms with Gasteiger partial charge >= 0.3 is 0 Å². The Morgan fingerprint density at radius 1 is 1.15 bits per heavy atom. The normalized spacial score (nSPS) is 35.9. The van der Waals surface area contributed by atoms with Crippen molar-refractivity contribution >= 4 is 11.8 Å². The molecule has 0 aromatic heterocycles. The average Bonchev–Trinajstić information content (AvgIpc) is 2.67. The summed E-state index contributed by atoms with van der Waals surface area (Å²) in [6.45, 7) is -0.345. The van der Waals surface area contributed by atoms with Gasteiger partial charge in [-0.15, -0.1) is 0 Å². The minimum absolute atomic E-state index is 0.345. The molecule has 3 rings (SSSR count). The van der Waals surface area contributed by atoms with Crippen molar-refractivity contribution in [3.8, 4) is 0 Å². The van der Waals surface area contributed by atoms with Crippen molar-refractivity contribution in [1.29, 1.82) is 0 Å². The zero-order valence-electron chi connectivity index (χ0n) is 10.7. The zero-order chi connectivity index (χ0) is 14.1. The molecule has 2 aliphatic rings. The third-order valence-corrected chi connectivity index (χ3v) is 3.62. The molecule has 2 heterocycles. The molecule has 0 saturated carbocycles. The van der Waals surface area contributed by atoms with Crippen LogP contribution in [0.15, 0.2) is 40.6 Å². The van der Waals surface area contributed by atoms with Crippen molar-refractivity contribution in [3.63, 3.8) is 0 Å². The Hall–Kier alpha value is -1.60. The molecule has 5 atom stereocenters. The van der Waals surface area contributed by atoms with E-state index in [0.717, 1.165) is 11.3 Å². The van der Waals surface area contributed by atoms with Gasteiger partial charge in [0.2, 0.25) is 0 Å². The van der Waals surface area contributed by atoms with Gasteiger partial charge < -0.3 is 20.1 Å². The van der Waals surface area contributed by atoms with Gasteiger partial charge in [-0.05, 0) is 6.07 Å². The molecule has 3 N–H and O–H groups in total. The van der Waals surface area contributed by atoms with Gasteiger partial charge in [0.25, 0.3) is 0 Å². The van der Waals surface area contributed by atoms with Crippen LogP contribution in [-0.2, 0) is 4.74 Å². The van der Waals surface area contributed by atoms with Crippen molar-refractivity contribution in [2.45, 2.75) is 30.5 Å². The van der Waals surface area contributed by atoms with Crippen LogP contribution < -0.4 is 0 Å². The van der Waals surface area contributed by atoms with Gasteiger partial charge in [-0.3, -0.25) is 0 Å². The molecule has 0 spiro atoms. The van der Waals surface area contributed by atoms with E-state index in [1.165, 1.54) is 0 Å². The second-order valence-corrected chi connectivity index (χ2v) is 4.93. The highest BCUT2D eigenvalue weighted by Crippen LogP contribution is 2.30. The molecule has 2 unspecified atom stereocenters. The van der Waals surface area contributed by atoms with E-state index in [-0.39, 0.29) is 6.61 Å². The van der Waals surface area contributed by atoms with Crippen molar-refractivity contribution < 1.29 is 20.1 Å². The molecule has 1 aromatic rings. The quantitative estimate of drug-likeness (QED) is 0.739. The van der Waals surface area contributed by atoms with Crippen LogP contribution in [0.25, 0.3) is 6.08 Å². The first-order valence-corrected chi connectivity index (χ1v) is 6.51. The van der Waals surface area contributed by atoms with Gasteiger partial charge in [0.15, 0.2) is 0 Å². The van der Waals surface area contributed by atoms with Crippen LogP contribution in [0.2, 0.25) is 0 Å². The number of ether oxygens (including phenoxy) is 1. The highest BCUT2D eigenvalue weighted by molar-refractivity contribution is 5.64. The first kappa shape index (κ1) is 13.4. The molecule has 106 valence electrons. The number of hydrogen-bond acceptors (Lipinski definition) is 6. The lowest BCUT2D eigenvalue weighted by Gasteiger charge is -2.18. The Labute approximate surface area is 116 Å². The van der Waals surface area contributed by atoms with E-state index in [0.29, 0.717) is 0 Å². The first-order valence-electron chi connectivity index (χ1n) is 6.51. The number of aliphatic hydroxyl groups is 3. The molecule has 6 nitrogen and oxygen atoms in total. The summed E-state index contributed by atoms with van der Waals surface area (Å²) in [6.07, 6.45) is -0.0494. The maximum absolute atomic E-state index is 10.00. The summed E-state index contributed by atoms with van der Waals surface area (Å²) in [6, 6.07) is 7.06. The van der Waals surface area contributed by atoms with Crippen molar-refractivity contribution in [2.24, 2.45) is 10.2 Å². The lowest BCUT2D eigenvalue weighted by molar-refractivity contribution is -0.0251. The monoisotopic (exact) mass is 276 g/mol. The maximum Gasteiger partial charge on any atom is 0.118 e. The molecule has 1 saturated heterocycles. The number of azo groups is 1. The molecule has 20 heavy (non-hydrogen) atoms. The predicted octanol–water partition coefficient (Wildman–Crippen LogP) is 0.647. The third-order valence-electron chi connectivity index (χ3n) is 3.62. The second kappa shape index (κ2) is 5.41. The average molecular weight is 276 g/mol. The SMILES string of the molecule is OC[C@H]1OC(C2C=Cc3ccccc3N=N2)[C@H](O)[C@@H]1O. The number of fused-ring (bicyclic) bond motifs is 1. The number of aliphatic hydroxyl groups excluding tert-OH is 3. The highest BCUT2D eigenvalue weighted by Gasteiger charge is 2.45. The Balaban J connectivity index is 1.84. The van der Waals surface area contributed by atoms with Gasteiger partial charge in [0.05, 0.1) is 12.3 Å². The van der Waals surface area contributed by atoms with Crippen molar-refractivity contribution in [3.05, 3.63) is 35.9 Å². The molecular formula is C14H16N2O4. The molecule has 0 bridgehead atoms. The second-order valence-electron chi connectivity index (χ2n) is 4.93. The topological polar surface area (TPSA) is 94.6 Å². The molecule has 1 fully saturated rings. The number of nitrogens with zero attached hydrogens (tertiary/aromatic N) is 2. The van der Waals surface area contributed by atoms with Crippen LogP contribution in [0.3, 0.4) is 0 Å². The van der Waals surface area contributed by atoms with E-state index in [4.69, 9.17) is 9.84 Å². The summed E-state index contributed by atoms with van der Waals surface area (Å²) in [5.74, 6) is 0. The predicted molar refractivity (Wildman–Crippen MR) is 71.5 cm³/mol. The van der Waals surface area contributed by atoms with Gasteiger partial charge in [-0.1, -0.05) is 30.4 Å². The van der Waals surface area contributed by atoms with Crippen LogP contribution in [-0.4, -0.2) is 52.4 Å². The van der Waals surface area contributed by atoms with Gasteiger partial charge in [-0.25, -0.2) is 0 Å². The van der Waals surface area contributed by atoms with Crippen LogP contribution in [0, 0.1) is 0 Å². The number of benzene rings is 1. The van der Waals surface area contributed by atoms with E-state index < -0.39 is 30.5 Å². The summed E-state index contributed by atoms with van der Waals surface area (Å²) in [7, 11) is 0.